The third-order valence-corrected chi connectivity index (χ3v) is 1.05. The zero-order valence-corrected chi connectivity index (χ0v) is 6.82. The van der Waals surface area contributed by atoms with Gasteiger partial charge in [-0.3, -0.25) is 4.79 Å². The molecule has 0 aliphatic carbocycles. The van der Waals surface area contributed by atoms with Crippen LogP contribution in [0.5, 0.6) is 0 Å². The van der Waals surface area contributed by atoms with Crippen molar-refractivity contribution >= 4 is 6.29 Å². The lowest BCUT2D eigenvalue weighted by Gasteiger charge is -1.83. The van der Waals surface area contributed by atoms with Crippen LogP contribution in [-0.2, 0) is 4.79 Å². The first kappa shape index (κ1) is 10.4. The predicted octanol–water partition coefficient (Wildman–Crippen LogP) is 0.846. The van der Waals surface area contributed by atoms with Gasteiger partial charge in [-0.1, -0.05) is 24.1 Å². The molecular formula is C10H10O2. The van der Waals surface area contributed by atoms with E-state index in [1.54, 1.807) is 0 Å². The Morgan fingerprint density at radius 2 is 1.83 bits per heavy atom. The average molecular weight is 162 g/mol. The summed E-state index contributed by atoms with van der Waals surface area (Å²) < 4.78 is 0. The minimum absolute atomic E-state index is 0.590. The average Bonchev–Trinajstić information content (AvgIpc) is 2.19. The lowest BCUT2D eigenvalue weighted by Crippen LogP contribution is -1.70. The van der Waals surface area contributed by atoms with Gasteiger partial charge >= 0.3 is 0 Å². The van der Waals surface area contributed by atoms with Crippen molar-refractivity contribution in [3.8, 4) is 11.8 Å². The molecular weight excluding hydrogens is 152 g/mol. The molecule has 0 saturated carbocycles. The molecule has 1 rings (SSSR count). The van der Waals surface area contributed by atoms with Crippen molar-refractivity contribution in [2.45, 2.75) is 0 Å². The van der Waals surface area contributed by atoms with E-state index in [0.29, 0.717) is 6.29 Å². The molecule has 0 bridgehead atoms. The van der Waals surface area contributed by atoms with Crippen molar-refractivity contribution in [3.05, 3.63) is 35.9 Å². The Morgan fingerprint density at radius 3 is 2.33 bits per heavy atom. The monoisotopic (exact) mass is 162 g/mol. The number of carbonyl (C=O) groups is 1. The van der Waals surface area contributed by atoms with Crippen LogP contribution in [0.3, 0.4) is 0 Å². The second-order valence-electron chi connectivity index (χ2n) is 1.75. The lowest BCUT2D eigenvalue weighted by molar-refractivity contribution is -0.103. The van der Waals surface area contributed by atoms with Gasteiger partial charge in [0.25, 0.3) is 0 Å². The fraction of sp³-hybridized carbons (Fsp3) is 0.100. The van der Waals surface area contributed by atoms with Crippen LogP contribution in [0.2, 0.25) is 0 Å². The van der Waals surface area contributed by atoms with Crippen LogP contribution in [-0.4, -0.2) is 18.5 Å². The summed E-state index contributed by atoms with van der Waals surface area (Å²) in [5, 5.41) is 7.00. The van der Waals surface area contributed by atoms with Crippen LogP contribution in [0, 0.1) is 11.8 Å². The Morgan fingerprint density at radius 1 is 1.25 bits per heavy atom. The number of aliphatic hydroxyl groups is 1. The first-order chi connectivity index (χ1) is 5.93. The van der Waals surface area contributed by atoms with E-state index in [4.69, 9.17) is 5.11 Å². The van der Waals surface area contributed by atoms with E-state index in [2.05, 4.69) is 11.8 Å². The Labute approximate surface area is 71.9 Å². The number of aldehydes is 1. The Bertz CT molecular complexity index is 267. The first-order valence-corrected chi connectivity index (χ1v) is 3.38. The SMILES string of the molecule is CO.O=CC#Cc1ccccc1. The number of rotatable bonds is 0. The van der Waals surface area contributed by atoms with Crippen molar-refractivity contribution in [1.29, 1.82) is 0 Å². The lowest BCUT2D eigenvalue weighted by atomic mass is 10.2. The van der Waals surface area contributed by atoms with Crippen LogP contribution in [0.4, 0.5) is 0 Å². The number of benzene rings is 1. The van der Waals surface area contributed by atoms with Gasteiger partial charge in [0, 0.05) is 12.7 Å². The highest BCUT2D eigenvalue weighted by molar-refractivity contribution is 5.73. The molecule has 0 saturated heterocycles. The number of hydrogen-bond acceptors (Lipinski definition) is 2. The number of aliphatic hydroxyl groups excluding tert-OH is 1. The summed E-state index contributed by atoms with van der Waals surface area (Å²) in [5.41, 5.74) is 0.870. The summed E-state index contributed by atoms with van der Waals surface area (Å²) in [7, 11) is 1.00. The molecule has 12 heavy (non-hydrogen) atoms. The van der Waals surface area contributed by atoms with E-state index >= 15 is 0 Å². The molecule has 0 aliphatic rings. The number of hydrogen-bond donors (Lipinski definition) is 1. The highest BCUT2D eigenvalue weighted by atomic mass is 16.2. The van der Waals surface area contributed by atoms with Crippen LogP contribution in [0.25, 0.3) is 0 Å². The predicted molar refractivity (Wildman–Crippen MR) is 47.5 cm³/mol. The smallest absolute Gasteiger partial charge is 0.193 e. The van der Waals surface area contributed by atoms with Gasteiger partial charge in [-0.2, -0.15) is 0 Å². The molecule has 0 atom stereocenters. The van der Waals surface area contributed by atoms with E-state index < -0.39 is 0 Å². The fourth-order valence-electron chi connectivity index (χ4n) is 0.634. The van der Waals surface area contributed by atoms with Crippen LogP contribution < -0.4 is 0 Å². The molecule has 1 aromatic carbocycles. The molecule has 0 fully saturated rings. The zero-order valence-electron chi connectivity index (χ0n) is 6.82. The second kappa shape index (κ2) is 7.52. The maximum Gasteiger partial charge on any atom is 0.193 e. The van der Waals surface area contributed by atoms with E-state index in [1.807, 2.05) is 30.3 Å². The largest absolute Gasteiger partial charge is 0.400 e. The van der Waals surface area contributed by atoms with Crippen molar-refractivity contribution in [3.63, 3.8) is 0 Å². The molecule has 62 valence electrons. The quantitative estimate of drug-likeness (QED) is 0.453. The number of carbonyl (C=O) groups excluding carboxylic acids is 1. The molecule has 0 spiro atoms. The van der Waals surface area contributed by atoms with Crippen molar-refractivity contribution in [1.82, 2.24) is 0 Å². The van der Waals surface area contributed by atoms with Crippen molar-refractivity contribution in [2.24, 2.45) is 0 Å². The second-order valence-corrected chi connectivity index (χ2v) is 1.75. The topological polar surface area (TPSA) is 37.3 Å². The van der Waals surface area contributed by atoms with Gasteiger partial charge in [0.2, 0.25) is 0 Å². The van der Waals surface area contributed by atoms with Crippen molar-refractivity contribution < 1.29 is 9.90 Å². The summed E-state index contributed by atoms with van der Waals surface area (Å²) in [4.78, 5) is 9.80. The molecule has 2 nitrogen and oxygen atoms in total. The summed E-state index contributed by atoms with van der Waals surface area (Å²) in [5.74, 6) is 5.01. The summed E-state index contributed by atoms with van der Waals surface area (Å²) >= 11 is 0. The standard InChI is InChI=1S/C9H6O.CH4O/c10-8-4-7-9-5-2-1-3-6-9;1-2/h1-3,5-6,8H;2H,1H3. The third-order valence-electron chi connectivity index (χ3n) is 1.05. The summed E-state index contributed by atoms with van der Waals surface area (Å²) in [6, 6.07) is 9.39. The molecule has 0 unspecified atom stereocenters. The maximum atomic E-state index is 9.80. The van der Waals surface area contributed by atoms with Gasteiger partial charge in [-0.25, -0.2) is 0 Å². The summed E-state index contributed by atoms with van der Waals surface area (Å²) in [6.45, 7) is 0. The summed E-state index contributed by atoms with van der Waals surface area (Å²) in [6.07, 6.45) is 0.590. The minimum Gasteiger partial charge on any atom is -0.400 e. The van der Waals surface area contributed by atoms with E-state index in [1.165, 1.54) is 0 Å². The van der Waals surface area contributed by atoms with Gasteiger partial charge in [-0.05, 0) is 18.1 Å². The Hall–Kier alpha value is -1.59. The molecule has 1 N–H and O–H groups in total. The van der Waals surface area contributed by atoms with Crippen LogP contribution >= 0.6 is 0 Å². The van der Waals surface area contributed by atoms with Gasteiger partial charge in [-0.15, -0.1) is 0 Å². The van der Waals surface area contributed by atoms with Crippen LogP contribution in [0.15, 0.2) is 30.3 Å². The van der Waals surface area contributed by atoms with E-state index in [0.717, 1.165) is 12.7 Å². The molecule has 0 aromatic heterocycles. The Kier molecular flexibility index (Phi) is 6.52. The van der Waals surface area contributed by atoms with Crippen LogP contribution in [0.1, 0.15) is 5.56 Å². The first-order valence-electron chi connectivity index (χ1n) is 3.38. The zero-order chi connectivity index (χ0) is 9.23. The molecule has 1 aromatic rings. The maximum absolute atomic E-state index is 9.80. The van der Waals surface area contributed by atoms with Gasteiger partial charge in [0.1, 0.15) is 0 Å². The Balaban J connectivity index is 0.000000561. The van der Waals surface area contributed by atoms with Crippen molar-refractivity contribution in [2.75, 3.05) is 7.11 Å². The van der Waals surface area contributed by atoms with Gasteiger partial charge < -0.3 is 5.11 Å². The van der Waals surface area contributed by atoms with E-state index in [-0.39, 0.29) is 0 Å². The van der Waals surface area contributed by atoms with Gasteiger partial charge in [0.15, 0.2) is 6.29 Å². The molecule has 2 heteroatoms. The third kappa shape index (κ3) is 4.26. The molecule has 0 radical (unpaired) electrons. The highest BCUT2D eigenvalue weighted by Gasteiger charge is 1.78. The molecule has 0 amide bonds. The fourth-order valence-corrected chi connectivity index (χ4v) is 0.634. The molecule has 0 aliphatic heterocycles. The highest BCUT2D eigenvalue weighted by Crippen LogP contribution is 1.93. The molecule has 0 heterocycles. The minimum atomic E-state index is 0.590. The van der Waals surface area contributed by atoms with Gasteiger partial charge in [0.05, 0.1) is 0 Å². The normalized spacial score (nSPS) is 6.83. The van der Waals surface area contributed by atoms with E-state index in [9.17, 15) is 4.79 Å².